The number of carbonyl (C=O) groups excluding carboxylic acids is 2. The molecule has 0 atom stereocenters. The van der Waals surface area contributed by atoms with Crippen molar-refractivity contribution in [1.29, 1.82) is 0 Å². The van der Waals surface area contributed by atoms with Gasteiger partial charge in [0.25, 0.3) is 11.6 Å². The first-order valence-corrected chi connectivity index (χ1v) is 8.81. The van der Waals surface area contributed by atoms with Crippen LogP contribution >= 0.6 is 11.6 Å². The van der Waals surface area contributed by atoms with E-state index in [1.807, 2.05) is 0 Å². The molecule has 0 aliphatic heterocycles. The number of hydrogen-bond donors (Lipinski definition) is 1. The van der Waals surface area contributed by atoms with Crippen molar-refractivity contribution in [3.8, 4) is 5.75 Å². The van der Waals surface area contributed by atoms with E-state index < -0.39 is 10.8 Å². The molecule has 0 aliphatic rings. The Kier molecular flexibility index (Phi) is 7.34. The van der Waals surface area contributed by atoms with Gasteiger partial charge in [0.15, 0.2) is 0 Å². The Balaban J connectivity index is 1.79. The lowest BCUT2D eigenvalue weighted by Crippen LogP contribution is -2.39. The fourth-order valence-electron chi connectivity index (χ4n) is 2.38. The first-order chi connectivity index (χ1) is 13.3. The Labute approximate surface area is 167 Å². The number of aryl methyl sites for hydroxylation is 1. The van der Waals surface area contributed by atoms with Crippen molar-refractivity contribution >= 4 is 29.1 Å². The summed E-state index contributed by atoms with van der Waals surface area (Å²) < 4.78 is 5.53. The van der Waals surface area contributed by atoms with Gasteiger partial charge in [-0.15, -0.1) is 0 Å². The lowest BCUT2D eigenvalue weighted by Gasteiger charge is -2.18. The molecule has 2 amide bonds. The number of carbonyl (C=O) groups is 2. The first kappa shape index (κ1) is 21.2. The van der Waals surface area contributed by atoms with Crippen LogP contribution in [0.5, 0.6) is 5.75 Å². The fraction of sp³-hybridized carbons (Fsp3) is 0.263. The average molecular weight is 406 g/mol. The van der Waals surface area contributed by atoms with Gasteiger partial charge in [0.2, 0.25) is 5.91 Å². The molecule has 2 aromatic rings. The maximum absolute atomic E-state index is 12.1. The van der Waals surface area contributed by atoms with Crippen molar-refractivity contribution in [2.75, 3.05) is 26.7 Å². The van der Waals surface area contributed by atoms with E-state index in [1.54, 1.807) is 38.2 Å². The van der Waals surface area contributed by atoms with E-state index in [2.05, 4.69) is 5.32 Å². The first-order valence-electron chi connectivity index (χ1n) is 8.43. The van der Waals surface area contributed by atoms with Gasteiger partial charge < -0.3 is 15.0 Å². The largest absolute Gasteiger partial charge is 0.492 e. The van der Waals surface area contributed by atoms with E-state index in [0.717, 1.165) is 0 Å². The standard InChI is InChI=1S/C19H20ClN3O5/c1-13-10-14(6-7-17(13)23(26)27)19(25)21-12-18(24)22(2)8-9-28-16-5-3-4-15(20)11-16/h3-7,10-11H,8-9,12H2,1-2H3,(H,21,25). The summed E-state index contributed by atoms with van der Waals surface area (Å²) in [6, 6.07) is 11.0. The molecule has 0 aliphatic carbocycles. The second kappa shape index (κ2) is 9.70. The van der Waals surface area contributed by atoms with Crippen LogP contribution in [0.2, 0.25) is 5.02 Å². The van der Waals surface area contributed by atoms with Gasteiger partial charge in [0, 0.05) is 29.3 Å². The van der Waals surface area contributed by atoms with E-state index in [-0.39, 0.29) is 30.3 Å². The summed E-state index contributed by atoms with van der Waals surface area (Å²) in [6.45, 7) is 1.96. The van der Waals surface area contributed by atoms with Crippen molar-refractivity contribution in [2.45, 2.75) is 6.92 Å². The summed E-state index contributed by atoms with van der Waals surface area (Å²) in [4.78, 5) is 36.0. The zero-order chi connectivity index (χ0) is 20.7. The fourth-order valence-corrected chi connectivity index (χ4v) is 2.56. The van der Waals surface area contributed by atoms with Crippen LogP contribution in [0.3, 0.4) is 0 Å². The molecule has 28 heavy (non-hydrogen) atoms. The SMILES string of the molecule is Cc1cc(C(=O)NCC(=O)N(C)CCOc2cccc(Cl)c2)ccc1[N+](=O)[O-]. The summed E-state index contributed by atoms with van der Waals surface area (Å²) in [6.07, 6.45) is 0. The van der Waals surface area contributed by atoms with Crippen molar-refractivity contribution in [2.24, 2.45) is 0 Å². The highest BCUT2D eigenvalue weighted by Gasteiger charge is 2.15. The smallest absolute Gasteiger partial charge is 0.272 e. The predicted molar refractivity (Wildman–Crippen MR) is 105 cm³/mol. The average Bonchev–Trinajstić information content (AvgIpc) is 2.65. The molecule has 0 unspecified atom stereocenters. The highest BCUT2D eigenvalue weighted by Crippen LogP contribution is 2.19. The molecule has 9 heteroatoms. The van der Waals surface area contributed by atoms with Gasteiger partial charge in [-0.3, -0.25) is 19.7 Å². The van der Waals surface area contributed by atoms with E-state index in [4.69, 9.17) is 16.3 Å². The molecule has 1 N–H and O–H groups in total. The van der Waals surface area contributed by atoms with E-state index >= 15 is 0 Å². The highest BCUT2D eigenvalue weighted by atomic mass is 35.5. The second-order valence-corrected chi connectivity index (χ2v) is 6.50. The molecule has 2 aromatic carbocycles. The molecule has 0 bridgehead atoms. The number of likely N-dealkylation sites (N-methyl/N-ethyl adjacent to an activating group) is 1. The summed E-state index contributed by atoms with van der Waals surface area (Å²) in [5, 5.41) is 13.9. The predicted octanol–water partition coefficient (Wildman–Crippen LogP) is 2.82. The van der Waals surface area contributed by atoms with Gasteiger partial charge in [-0.05, 0) is 37.3 Å². The van der Waals surface area contributed by atoms with Gasteiger partial charge >= 0.3 is 0 Å². The molecule has 0 heterocycles. The monoisotopic (exact) mass is 405 g/mol. The third-order valence-corrected chi connectivity index (χ3v) is 4.21. The topological polar surface area (TPSA) is 102 Å². The molecule has 0 aromatic heterocycles. The summed E-state index contributed by atoms with van der Waals surface area (Å²) in [5.74, 6) is -0.160. The molecule has 0 saturated heterocycles. The minimum atomic E-state index is -0.513. The Hall–Kier alpha value is -3.13. The van der Waals surface area contributed by atoms with Crippen LogP contribution in [0.15, 0.2) is 42.5 Å². The summed E-state index contributed by atoms with van der Waals surface area (Å²) >= 11 is 5.87. The number of halogens is 1. The molecular weight excluding hydrogens is 386 g/mol. The molecule has 148 valence electrons. The number of nitro benzene ring substituents is 1. The highest BCUT2D eigenvalue weighted by molar-refractivity contribution is 6.30. The zero-order valence-corrected chi connectivity index (χ0v) is 16.2. The molecule has 2 rings (SSSR count). The molecule has 8 nitrogen and oxygen atoms in total. The van der Waals surface area contributed by atoms with Crippen LogP contribution in [0.25, 0.3) is 0 Å². The Morgan fingerprint density at radius 3 is 2.64 bits per heavy atom. The van der Waals surface area contributed by atoms with Crippen LogP contribution in [0.4, 0.5) is 5.69 Å². The lowest BCUT2D eigenvalue weighted by molar-refractivity contribution is -0.385. The van der Waals surface area contributed by atoms with Crippen LogP contribution < -0.4 is 10.1 Å². The Morgan fingerprint density at radius 1 is 1.25 bits per heavy atom. The molecule has 0 fully saturated rings. The number of ether oxygens (including phenoxy) is 1. The van der Waals surface area contributed by atoms with E-state index in [0.29, 0.717) is 22.9 Å². The summed E-state index contributed by atoms with van der Waals surface area (Å²) in [7, 11) is 1.60. The molecule has 0 saturated carbocycles. The van der Waals surface area contributed by atoms with E-state index in [1.165, 1.54) is 23.1 Å². The van der Waals surface area contributed by atoms with Crippen LogP contribution in [-0.2, 0) is 4.79 Å². The number of benzene rings is 2. The Bertz CT molecular complexity index is 888. The van der Waals surface area contributed by atoms with Gasteiger partial charge in [0.05, 0.1) is 18.0 Å². The summed E-state index contributed by atoms with van der Waals surface area (Å²) in [5.41, 5.74) is 0.564. The number of nitrogens with one attached hydrogen (secondary N) is 1. The van der Waals surface area contributed by atoms with Crippen molar-refractivity contribution in [3.05, 3.63) is 68.7 Å². The van der Waals surface area contributed by atoms with Crippen LogP contribution in [0.1, 0.15) is 15.9 Å². The van der Waals surface area contributed by atoms with Gasteiger partial charge in [-0.2, -0.15) is 0 Å². The maximum Gasteiger partial charge on any atom is 0.272 e. The molecule has 0 radical (unpaired) electrons. The number of hydrogen-bond acceptors (Lipinski definition) is 5. The maximum atomic E-state index is 12.1. The van der Waals surface area contributed by atoms with Gasteiger partial charge in [-0.1, -0.05) is 17.7 Å². The number of nitrogens with zero attached hydrogens (tertiary/aromatic N) is 2. The third-order valence-electron chi connectivity index (χ3n) is 3.97. The molecular formula is C19H20ClN3O5. The third kappa shape index (κ3) is 5.95. The van der Waals surface area contributed by atoms with E-state index in [9.17, 15) is 19.7 Å². The lowest BCUT2D eigenvalue weighted by atomic mass is 10.1. The quantitative estimate of drug-likeness (QED) is 0.537. The normalized spacial score (nSPS) is 10.2. The number of amides is 2. The molecule has 0 spiro atoms. The van der Waals surface area contributed by atoms with Crippen molar-refractivity contribution in [3.63, 3.8) is 0 Å². The zero-order valence-electron chi connectivity index (χ0n) is 15.5. The van der Waals surface area contributed by atoms with Crippen molar-refractivity contribution in [1.82, 2.24) is 10.2 Å². The van der Waals surface area contributed by atoms with Gasteiger partial charge in [-0.25, -0.2) is 0 Å². The number of rotatable bonds is 8. The minimum absolute atomic E-state index is 0.0629. The second-order valence-electron chi connectivity index (χ2n) is 6.06. The van der Waals surface area contributed by atoms with Crippen LogP contribution in [-0.4, -0.2) is 48.4 Å². The van der Waals surface area contributed by atoms with Crippen molar-refractivity contribution < 1.29 is 19.2 Å². The Morgan fingerprint density at radius 2 is 2.00 bits per heavy atom. The minimum Gasteiger partial charge on any atom is -0.492 e. The van der Waals surface area contributed by atoms with Crippen LogP contribution in [0, 0.1) is 17.0 Å². The van der Waals surface area contributed by atoms with Gasteiger partial charge in [0.1, 0.15) is 12.4 Å². The number of nitro groups is 1.